The average Bonchev–Trinajstić information content (AvgIpc) is 2.03. The van der Waals surface area contributed by atoms with Crippen LogP contribution in [0.1, 0.15) is 20.3 Å². The van der Waals surface area contributed by atoms with Gasteiger partial charge in [-0.15, -0.1) is 0 Å². The standard InChI is InChI=1S/C9H18N2O2/c1-6(2)7(5-11-3)4-8(10)9(12)13/h5-8H,4,10H2,1-3H3,(H,12,13)/b11-5+. The van der Waals surface area contributed by atoms with Gasteiger partial charge in [-0.1, -0.05) is 13.8 Å². The third-order valence-corrected chi connectivity index (χ3v) is 2.04. The first kappa shape index (κ1) is 12.1. The average molecular weight is 186 g/mol. The summed E-state index contributed by atoms with van der Waals surface area (Å²) in [5.74, 6) is -0.430. The van der Waals surface area contributed by atoms with E-state index in [4.69, 9.17) is 10.8 Å². The Morgan fingerprint density at radius 1 is 1.62 bits per heavy atom. The molecule has 4 nitrogen and oxygen atoms in total. The summed E-state index contributed by atoms with van der Waals surface area (Å²) in [6, 6.07) is -0.787. The van der Waals surface area contributed by atoms with Gasteiger partial charge in [0.15, 0.2) is 0 Å². The Kier molecular flexibility index (Phi) is 5.30. The second-order valence-electron chi connectivity index (χ2n) is 3.50. The Morgan fingerprint density at radius 3 is 2.46 bits per heavy atom. The van der Waals surface area contributed by atoms with Crippen molar-refractivity contribution in [1.82, 2.24) is 0 Å². The predicted octanol–water partition coefficient (Wildman–Crippen LogP) is 0.761. The highest BCUT2D eigenvalue weighted by molar-refractivity contribution is 5.74. The van der Waals surface area contributed by atoms with Crippen molar-refractivity contribution in [1.29, 1.82) is 0 Å². The van der Waals surface area contributed by atoms with E-state index in [2.05, 4.69) is 4.99 Å². The Bertz CT molecular complexity index is 190. The number of carboxylic acid groups (broad SMARTS) is 1. The van der Waals surface area contributed by atoms with Crippen molar-refractivity contribution in [2.45, 2.75) is 26.3 Å². The van der Waals surface area contributed by atoms with E-state index in [1.54, 1.807) is 13.3 Å². The predicted molar refractivity (Wildman–Crippen MR) is 53.0 cm³/mol. The van der Waals surface area contributed by atoms with E-state index in [0.29, 0.717) is 12.3 Å². The van der Waals surface area contributed by atoms with Crippen molar-refractivity contribution in [2.75, 3.05) is 7.05 Å². The third-order valence-electron chi connectivity index (χ3n) is 2.04. The lowest BCUT2D eigenvalue weighted by atomic mass is 9.90. The molecule has 3 N–H and O–H groups in total. The number of hydrogen-bond donors (Lipinski definition) is 2. The fraction of sp³-hybridized carbons (Fsp3) is 0.778. The highest BCUT2D eigenvalue weighted by atomic mass is 16.4. The Morgan fingerprint density at radius 2 is 2.15 bits per heavy atom. The van der Waals surface area contributed by atoms with Crippen molar-refractivity contribution in [3.8, 4) is 0 Å². The van der Waals surface area contributed by atoms with Crippen molar-refractivity contribution in [3.05, 3.63) is 0 Å². The van der Waals surface area contributed by atoms with E-state index in [0.717, 1.165) is 0 Å². The van der Waals surface area contributed by atoms with Crippen LogP contribution in [0.5, 0.6) is 0 Å². The van der Waals surface area contributed by atoms with Crippen LogP contribution in [0, 0.1) is 11.8 Å². The molecule has 0 heterocycles. The smallest absolute Gasteiger partial charge is 0.320 e. The van der Waals surface area contributed by atoms with Crippen molar-refractivity contribution < 1.29 is 9.90 Å². The van der Waals surface area contributed by atoms with E-state index in [1.165, 1.54) is 0 Å². The minimum absolute atomic E-state index is 0.149. The normalized spacial score (nSPS) is 16.4. The zero-order valence-electron chi connectivity index (χ0n) is 8.40. The lowest BCUT2D eigenvalue weighted by Crippen LogP contribution is -2.34. The second kappa shape index (κ2) is 5.70. The number of carbonyl (C=O) groups is 1. The summed E-state index contributed by atoms with van der Waals surface area (Å²) in [7, 11) is 1.68. The van der Waals surface area contributed by atoms with Gasteiger partial charge in [-0.2, -0.15) is 0 Å². The molecular weight excluding hydrogens is 168 g/mol. The van der Waals surface area contributed by atoms with Crippen LogP contribution in [-0.2, 0) is 4.79 Å². The molecule has 2 atom stereocenters. The van der Waals surface area contributed by atoms with E-state index in [1.807, 2.05) is 13.8 Å². The van der Waals surface area contributed by atoms with Gasteiger partial charge in [-0.05, 0) is 18.3 Å². The highest BCUT2D eigenvalue weighted by Crippen LogP contribution is 2.14. The second-order valence-corrected chi connectivity index (χ2v) is 3.50. The summed E-state index contributed by atoms with van der Waals surface area (Å²) in [5.41, 5.74) is 5.42. The number of nitrogens with zero attached hydrogens (tertiary/aromatic N) is 1. The number of aliphatic carboxylic acids is 1. The van der Waals surface area contributed by atoms with Crippen molar-refractivity contribution in [2.24, 2.45) is 22.6 Å². The van der Waals surface area contributed by atoms with Crippen molar-refractivity contribution >= 4 is 12.2 Å². The molecule has 0 bridgehead atoms. The van der Waals surface area contributed by atoms with Gasteiger partial charge >= 0.3 is 5.97 Å². The molecule has 0 radical (unpaired) electrons. The molecule has 0 spiro atoms. The topological polar surface area (TPSA) is 75.7 Å². The number of nitrogens with two attached hydrogens (primary N) is 1. The van der Waals surface area contributed by atoms with Crippen LogP contribution in [0.4, 0.5) is 0 Å². The molecule has 0 aliphatic heterocycles. The number of hydrogen-bond acceptors (Lipinski definition) is 3. The monoisotopic (exact) mass is 186 g/mol. The lowest BCUT2D eigenvalue weighted by molar-refractivity contribution is -0.138. The Hall–Kier alpha value is -0.900. The molecular formula is C9H18N2O2. The molecule has 0 aliphatic rings. The zero-order chi connectivity index (χ0) is 10.4. The number of rotatable bonds is 5. The maximum atomic E-state index is 10.5. The van der Waals surface area contributed by atoms with Crippen LogP contribution in [0.3, 0.4) is 0 Å². The fourth-order valence-corrected chi connectivity index (χ4v) is 1.09. The van der Waals surface area contributed by atoms with Crippen LogP contribution in [0.25, 0.3) is 0 Å². The first-order valence-corrected chi connectivity index (χ1v) is 4.39. The highest BCUT2D eigenvalue weighted by Gasteiger charge is 2.19. The maximum absolute atomic E-state index is 10.5. The maximum Gasteiger partial charge on any atom is 0.320 e. The molecule has 0 saturated carbocycles. The number of carboxylic acids is 1. The van der Waals surface area contributed by atoms with Gasteiger partial charge in [0.1, 0.15) is 6.04 Å². The Labute approximate surface area is 78.8 Å². The lowest BCUT2D eigenvalue weighted by Gasteiger charge is -2.17. The molecule has 0 aromatic heterocycles. The van der Waals surface area contributed by atoms with Gasteiger partial charge in [-0.25, -0.2) is 0 Å². The molecule has 0 rings (SSSR count). The molecule has 0 aromatic carbocycles. The molecule has 2 unspecified atom stereocenters. The first-order chi connectivity index (χ1) is 5.99. The van der Waals surface area contributed by atoms with Crippen LogP contribution in [0.2, 0.25) is 0 Å². The SMILES string of the molecule is C/N=C/C(CC(N)C(=O)O)C(C)C. The molecule has 0 saturated heterocycles. The summed E-state index contributed by atoms with van der Waals surface area (Å²) in [6.07, 6.45) is 2.22. The summed E-state index contributed by atoms with van der Waals surface area (Å²) in [5, 5.41) is 8.61. The largest absolute Gasteiger partial charge is 0.480 e. The first-order valence-electron chi connectivity index (χ1n) is 4.39. The van der Waals surface area contributed by atoms with Gasteiger partial charge in [0.05, 0.1) is 0 Å². The molecule has 0 aliphatic carbocycles. The molecule has 0 fully saturated rings. The van der Waals surface area contributed by atoms with Gasteiger partial charge in [0.2, 0.25) is 0 Å². The van der Waals surface area contributed by atoms with E-state index in [-0.39, 0.29) is 5.92 Å². The zero-order valence-corrected chi connectivity index (χ0v) is 8.40. The minimum atomic E-state index is -0.949. The van der Waals surface area contributed by atoms with Crippen LogP contribution in [-0.4, -0.2) is 30.4 Å². The molecule has 76 valence electrons. The summed E-state index contributed by atoms with van der Waals surface area (Å²) in [4.78, 5) is 14.4. The van der Waals surface area contributed by atoms with Crippen LogP contribution < -0.4 is 5.73 Å². The van der Waals surface area contributed by atoms with Gasteiger partial charge in [0, 0.05) is 13.3 Å². The summed E-state index contributed by atoms with van der Waals surface area (Å²) in [6.45, 7) is 4.06. The number of aliphatic imine (C=N–C) groups is 1. The van der Waals surface area contributed by atoms with Gasteiger partial charge in [-0.3, -0.25) is 4.79 Å². The van der Waals surface area contributed by atoms with Gasteiger partial charge in [0.25, 0.3) is 0 Å². The Balaban J connectivity index is 4.17. The third kappa shape index (κ3) is 4.62. The molecule has 0 amide bonds. The van der Waals surface area contributed by atoms with Crippen molar-refractivity contribution in [3.63, 3.8) is 0 Å². The van der Waals surface area contributed by atoms with Crippen LogP contribution >= 0.6 is 0 Å². The van der Waals surface area contributed by atoms with Crippen LogP contribution in [0.15, 0.2) is 4.99 Å². The van der Waals surface area contributed by atoms with Gasteiger partial charge < -0.3 is 15.8 Å². The fourth-order valence-electron chi connectivity index (χ4n) is 1.09. The molecule has 0 aromatic rings. The van der Waals surface area contributed by atoms with E-state index >= 15 is 0 Å². The molecule has 13 heavy (non-hydrogen) atoms. The minimum Gasteiger partial charge on any atom is -0.480 e. The summed E-state index contributed by atoms with van der Waals surface area (Å²) >= 11 is 0. The van der Waals surface area contributed by atoms with E-state index in [9.17, 15) is 4.79 Å². The molecule has 4 heteroatoms. The summed E-state index contributed by atoms with van der Waals surface area (Å²) < 4.78 is 0. The van der Waals surface area contributed by atoms with E-state index < -0.39 is 12.0 Å². The quantitative estimate of drug-likeness (QED) is 0.622.